The molecule has 0 unspecified atom stereocenters. The maximum absolute atomic E-state index is 12.0. The van der Waals surface area contributed by atoms with Crippen LogP contribution in [0.4, 0.5) is 23.0 Å². The number of hydrogen-bond acceptors (Lipinski definition) is 16. The fourth-order valence-corrected chi connectivity index (χ4v) is 13.4. The van der Waals surface area contributed by atoms with Crippen molar-refractivity contribution in [2.24, 2.45) is 11.5 Å². The molecular formula is C44H52B2Br2N8O10S4. The number of carbonyl (C=O) groups is 2. The van der Waals surface area contributed by atoms with Crippen LogP contribution in [0.2, 0.25) is 0 Å². The van der Waals surface area contributed by atoms with Gasteiger partial charge in [0.05, 0.1) is 69.6 Å². The zero-order valence-corrected chi connectivity index (χ0v) is 46.4. The van der Waals surface area contributed by atoms with E-state index in [9.17, 15) is 26.4 Å². The molecule has 6 aromatic rings. The van der Waals surface area contributed by atoms with Crippen LogP contribution in [0.25, 0.3) is 30.6 Å². The SMILES string of the molecule is CC1(C)OB(B2OC(C)(C)C(C)(C)O2)OC1(C)C.CN1c2ccc(-c3cc4c(N)ncc(C(N)=O)c4s3)cc2CS1(=O)=O.CN1c2ccc(Br)cc2CS1(=O)=O.NC(=O)c1cnc(N)c2cc(Br)sc12. The third-order valence-electron chi connectivity index (χ3n) is 13.0. The number of amides is 2. The number of sulfonamides is 2. The van der Waals surface area contributed by atoms with Crippen LogP contribution in [-0.4, -0.2) is 89.1 Å². The first-order valence-corrected chi connectivity index (χ1v) is 27.9. The Morgan fingerprint density at radius 3 is 1.47 bits per heavy atom. The van der Waals surface area contributed by atoms with Crippen LogP contribution >= 0.6 is 54.5 Å². The Morgan fingerprint density at radius 1 is 0.629 bits per heavy atom. The molecular weight excluding hydrogens is 1110 g/mol. The lowest BCUT2D eigenvalue weighted by molar-refractivity contribution is 0.00578. The van der Waals surface area contributed by atoms with E-state index in [-0.39, 0.29) is 33.9 Å². The van der Waals surface area contributed by atoms with E-state index < -0.39 is 45.9 Å². The number of halogens is 2. The summed E-state index contributed by atoms with van der Waals surface area (Å²) in [4.78, 5) is 31.5. The molecule has 18 nitrogen and oxygen atoms in total. The number of anilines is 4. The van der Waals surface area contributed by atoms with Crippen LogP contribution in [0.5, 0.6) is 0 Å². The van der Waals surface area contributed by atoms with Crippen LogP contribution in [-0.2, 0) is 50.2 Å². The summed E-state index contributed by atoms with van der Waals surface area (Å²) in [6.45, 7) is 16.2. The molecule has 70 heavy (non-hydrogen) atoms. The van der Waals surface area contributed by atoms with Crippen molar-refractivity contribution in [3.63, 3.8) is 0 Å². The van der Waals surface area contributed by atoms with Crippen molar-refractivity contribution in [1.29, 1.82) is 0 Å². The lowest BCUT2D eigenvalue weighted by atomic mass is 9.49. The number of pyridine rings is 2. The highest BCUT2D eigenvalue weighted by Gasteiger charge is 2.63. The highest BCUT2D eigenvalue weighted by Crippen LogP contribution is 2.44. The number of benzene rings is 2. The summed E-state index contributed by atoms with van der Waals surface area (Å²) < 4.78 is 76.7. The van der Waals surface area contributed by atoms with E-state index in [2.05, 4.69) is 41.8 Å². The van der Waals surface area contributed by atoms with Gasteiger partial charge in [-0.3, -0.25) is 18.2 Å². The van der Waals surface area contributed by atoms with Gasteiger partial charge in [0.1, 0.15) is 11.6 Å². The van der Waals surface area contributed by atoms with Crippen molar-refractivity contribution in [2.45, 2.75) is 89.3 Å². The molecule has 0 saturated carbocycles. The number of thiophene rings is 2. The second-order valence-electron chi connectivity index (χ2n) is 18.8. The smallest absolute Gasteiger partial charge is 0.405 e. The third kappa shape index (κ3) is 10.3. The van der Waals surface area contributed by atoms with Crippen molar-refractivity contribution in [2.75, 3.05) is 34.2 Å². The largest absolute Gasteiger partial charge is 0.488 e. The standard InChI is InChI=1S/C16H14N4O3S2.C12H24B2O4.C8H6BrN3OS.C8H8BrNO2S/c1-20-12-3-2-8(4-9(12)7-25(20,22)23)13-5-10-14(24-13)11(16(18)21)6-19-15(10)17;1-9(2)10(3,4)16-13(15-9)14-17-11(5,6)12(7,8)18-14;9-5-1-3-6(14-5)4(8(11)13)2-12-7(3)10;1-10-8-3-2-7(9)4-6(8)5-13(10,11)12/h2-6H,7H2,1H3,(H2,17,19)(H2,18,21);1-8H3;1-2H,(H2,10,12)(H2,11,13);2-4H,5H2,1H3. The number of fused-ring (bicyclic) bond motifs is 4. The number of rotatable bonds is 4. The first-order valence-electron chi connectivity index (χ1n) is 21.4. The Kier molecular flexibility index (Phi) is 14.4. The van der Waals surface area contributed by atoms with Gasteiger partial charge in [-0.05, 0) is 130 Å². The Bertz CT molecular complexity index is 3250. The molecule has 26 heteroatoms. The van der Waals surface area contributed by atoms with E-state index >= 15 is 0 Å². The van der Waals surface area contributed by atoms with E-state index in [0.29, 0.717) is 38.5 Å². The molecule has 2 saturated heterocycles. The second kappa shape index (κ2) is 18.9. The zero-order valence-electron chi connectivity index (χ0n) is 39.9. The minimum absolute atomic E-state index is 0.0200. The molecule has 0 aliphatic carbocycles. The molecule has 4 aromatic heterocycles. The van der Waals surface area contributed by atoms with Gasteiger partial charge in [0.25, 0.3) is 11.8 Å². The highest BCUT2D eigenvalue weighted by atomic mass is 79.9. The molecule has 2 fully saturated rings. The van der Waals surface area contributed by atoms with Crippen LogP contribution in [0.3, 0.4) is 0 Å². The highest BCUT2D eigenvalue weighted by molar-refractivity contribution is 9.11. The molecule has 0 spiro atoms. The Morgan fingerprint density at radius 2 is 1.03 bits per heavy atom. The molecule has 0 atom stereocenters. The number of nitrogens with zero attached hydrogens (tertiary/aromatic N) is 4. The molecule has 372 valence electrons. The minimum Gasteiger partial charge on any atom is -0.405 e. The number of primary amides is 2. The third-order valence-corrected chi connectivity index (χ3v) is 19.8. The van der Waals surface area contributed by atoms with Crippen LogP contribution in [0.1, 0.15) is 87.2 Å². The van der Waals surface area contributed by atoms with Gasteiger partial charge in [0.2, 0.25) is 20.0 Å². The summed E-state index contributed by atoms with van der Waals surface area (Å²) in [5.74, 6) is -0.228. The Hall–Kier alpha value is -4.37. The molecule has 4 aliphatic rings. The fourth-order valence-electron chi connectivity index (χ4n) is 7.57. The molecule has 4 aliphatic heterocycles. The maximum Gasteiger partial charge on any atom is 0.488 e. The summed E-state index contributed by atoms with van der Waals surface area (Å²) in [7, 11) is -4.20. The fraction of sp³-hybridized carbons (Fsp3) is 0.364. The van der Waals surface area contributed by atoms with Gasteiger partial charge in [0, 0.05) is 46.6 Å². The number of nitrogen functional groups attached to an aromatic ring is 2. The zero-order chi connectivity index (χ0) is 51.8. The predicted molar refractivity (Wildman–Crippen MR) is 287 cm³/mol. The summed E-state index contributed by atoms with van der Waals surface area (Å²) in [6, 6.07) is 14.7. The molecule has 8 heterocycles. The number of nitrogens with two attached hydrogens (primary N) is 4. The average Bonchev–Trinajstić information content (AvgIpc) is 4.05. The van der Waals surface area contributed by atoms with Gasteiger partial charge in [-0.25, -0.2) is 26.8 Å². The minimum atomic E-state index is -3.29. The van der Waals surface area contributed by atoms with Gasteiger partial charge in [-0.15, -0.1) is 22.7 Å². The van der Waals surface area contributed by atoms with E-state index in [0.717, 1.165) is 45.6 Å². The summed E-state index contributed by atoms with van der Waals surface area (Å²) >= 11 is 9.43. The van der Waals surface area contributed by atoms with Crippen molar-refractivity contribution >= 4 is 144 Å². The van der Waals surface area contributed by atoms with E-state index in [1.165, 1.54) is 43.7 Å². The number of hydrogen-bond donors (Lipinski definition) is 4. The van der Waals surface area contributed by atoms with Gasteiger partial charge >= 0.3 is 14.0 Å². The molecule has 2 amide bonds. The molecule has 2 aromatic carbocycles. The first kappa shape index (κ1) is 53.4. The molecule has 8 N–H and O–H groups in total. The van der Waals surface area contributed by atoms with Gasteiger partial charge in [0.15, 0.2) is 0 Å². The Balaban J connectivity index is 0.000000143. The second-order valence-corrected chi connectivity index (χ2v) is 27.2. The average molecular weight is 1160 g/mol. The topological polar surface area (TPSA) is 276 Å². The van der Waals surface area contributed by atoms with Crippen LogP contribution in [0, 0.1) is 0 Å². The Labute approximate surface area is 432 Å². The monoisotopic (exact) mass is 1160 g/mol. The molecule has 10 rings (SSSR count). The quantitative estimate of drug-likeness (QED) is 0.124. The van der Waals surface area contributed by atoms with Crippen LogP contribution in [0.15, 0.2) is 69.2 Å². The van der Waals surface area contributed by atoms with Crippen molar-refractivity contribution in [3.8, 4) is 10.4 Å². The van der Waals surface area contributed by atoms with Crippen molar-refractivity contribution < 1.29 is 45.0 Å². The number of aromatic nitrogens is 2. The van der Waals surface area contributed by atoms with E-state index in [4.69, 9.17) is 41.6 Å². The normalized spacial score (nSPS) is 19.4. The van der Waals surface area contributed by atoms with Gasteiger partial charge < -0.3 is 41.6 Å². The molecule has 0 bridgehead atoms. The summed E-state index contributed by atoms with van der Waals surface area (Å²) in [5, 5.41) is 1.43. The van der Waals surface area contributed by atoms with E-state index in [1.54, 1.807) is 20.2 Å². The van der Waals surface area contributed by atoms with E-state index in [1.807, 2.05) is 97.9 Å². The van der Waals surface area contributed by atoms with Gasteiger partial charge in [-0.1, -0.05) is 22.0 Å². The van der Waals surface area contributed by atoms with Gasteiger partial charge in [-0.2, -0.15) is 0 Å². The number of carbonyl (C=O) groups excluding carboxylic acids is 2. The maximum atomic E-state index is 12.0. The molecule has 0 radical (unpaired) electrons. The summed E-state index contributed by atoms with van der Waals surface area (Å²) in [6.07, 6.45) is 2.79. The summed E-state index contributed by atoms with van der Waals surface area (Å²) in [5.41, 5.74) is 25.4. The predicted octanol–water partition coefficient (Wildman–Crippen LogP) is 7.64. The van der Waals surface area contributed by atoms with Crippen molar-refractivity contribution in [3.05, 3.63) is 91.4 Å². The van der Waals surface area contributed by atoms with Crippen LogP contribution < -0.4 is 31.5 Å². The lowest BCUT2D eigenvalue weighted by Crippen LogP contribution is -2.41. The first-order chi connectivity index (χ1) is 32.3. The lowest BCUT2D eigenvalue weighted by Gasteiger charge is -2.32. The van der Waals surface area contributed by atoms with Crippen molar-refractivity contribution in [1.82, 2.24) is 9.97 Å².